The van der Waals surface area contributed by atoms with Gasteiger partial charge in [-0.3, -0.25) is 4.57 Å². The first-order chi connectivity index (χ1) is 30.9. The number of hydrogen-bond acceptors (Lipinski definition) is 4. The predicted octanol–water partition coefficient (Wildman–Crippen LogP) is 13.7. The molecule has 0 aliphatic carbocycles. The van der Waals surface area contributed by atoms with Gasteiger partial charge < -0.3 is 9.13 Å². The van der Waals surface area contributed by atoms with Gasteiger partial charge in [-0.05, 0) is 77.7 Å². The number of nitrogens with zero attached hydrogens (tertiary/aromatic N) is 7. The van der Waals surface area contributed by atoms with Gasteiger partial charge in [-0.2, -0.15) is 15.2 Å². The molecule has 63 heavy (non-hydrogen) atoms. The van der Waals surface area contributed by atoms with E-state index in [9.17, 15) is 5.26 Å². The van der Waals surface area contributed by atoms with E-state index in [2.05, 4.69) is 192 Å². The molecule has 0 atom stereocenters. The first-order valence-corrected chi connectivity index (χ1v) is 21.3. The number of para-hydroxylation sites is 5. The SMILES string of the molecule is CC(C)(C)c1cccc(-c2nc(-c3ccc(-n4c5ccccc5c5ccc6c(c7ccccc7n6-c6ccccc6)c54)c(C#N)c3)nc(-n3c4ccccc4c4ccccc43)n2)c1. The van der Waals surface area contributed by atoms with Crippen LogP contribution in [0.2, 0.25) is 0 Å². The maximum Gasteiger partial charge on any atom is 0.238 e. The van der Waals surface area contributed by atoms with Crippen molar-refractivity contribution < 1.29 is 0 Å². The molecule has 7 nitrogen and oxygen atoms in total. The van der Waals surface area contributed by atoms with Crippen molar-refractivity contribution >= 4 is 65.4 Å². The second kappa shape index (κ2) is 13.8. The number of fused-ring (bicyclic) bond motifs is 10. The summed E-state index contributed by atoms with van der Waals surface area (Å²) >= 11 is 0. The summed E-state index contributed by atoms with van der Waals surface area (Å²) in [4.78, 5) is 15.6. The molecule has 12 aromatic rings. The molecule has 0 saturated carbocycles. The summed E-state index contributed by atoms with van der Waals surface area (Å²) < 4.78 is 6.74. The van der Waals surface area contributed by atoms with Gasteiger partial charge in [0.2, 0.25) is 5.95 Å². The number of rotatable bonds is 5. The average Bonchev–Trinajstić information content (AvgIpc) is 3.97. The van der Waals surface area contributed by atoms with E-state index in [0.717, 1.165) is 87.9 Å². The third-order valence-electron chi connectivity index (χ3n) is 12.5. The summed E-state index contributed by atoms with van der Waals surface area (Å²) in [7, 11) is 0. The van der Waals surface area contributed by atoms with E-state index in [1.54, 1.807) is 0 Å². The summed E-state index contributed by atoms with van der Waals surface area (Å²) in [5.74, 6) is 1.55. The normalized spacial score (nSPS) is 12.0. The topological polar surface area (TPSA) is 77.2 Å². The monoisotopic (exact) mass is 809 g/mol. The fourth-order valence-electron chi connectivity index (χ4n) is 9.56. The molecule has 7 heteroatoms. The molecule has 0 bridgehead atoms. The Morgan fingerprint density at radius 1 is 0.444 bits per heavy atom. The Morgan fingerprint density at radius 2 is 1.00 bits per heavy atom. The van der Waals surface area contributed by atoms with Gasteiger partial charge in [0.05, 0.1) is 44.4 Å². The van der Waals surface area contributed by atoms with Crippen molar-refractivity contribution in [2.75, 3.05) is 0 Å². The Kier molecular flexibility index (Phi) is 8.02. The van der Waals surface area contributed by atoms with Gasteiger partial charge in [-0.1, -0.05) is 136 Å². The van der Waals surface area contributed by atoms with E-state index >= 15 is 0 Å². The number of benzene rings is 8. The molecule has 8 aromatic carbocycles. The number of hydrogen-bond donors (Lipinski definition) is 0. The minimum atomic E-state index is -0.0755. The van der Waals surface area contributed by atoms with Gasteiger partial charge in [0.1, 0.15) is 6.07 Å². The quantitative estimate of drug-likeness (QED) is 0.173. The molecule has 0 N–H and O–H groups in total. The molecule has 0 saturated heterocycles. The van der Waals surface area contributed by atoms with Gasteiger partial charge in [-0.25, -0.2) is 4.98 Å². The molecular formula is C56H39N7. The first kappa shape index (κ1) is 36.5. The largest absolute Gasteiger partial charge is 0.309 e. The van der Waals surface area contributed by atoms with Gasteiger partial charge in [0, 0.05) is 49.1 Å². The number of nitriles is 1. The van der Waals surface area contributed by atoms with Crippen molar-refractivity contribution in [2.24, 2.45) is 0 Å². The minimum Gasteiger partial charge on any atom is -0.309 e. The smallest absolute Gasteiger partial charge is 0.238 e. The third-order valence-corrected chi connectivity index (χ3v) is 12.5. The number of aromatic nitrogens is 6. The van der Waals surface area contributed by atoms with Crippen molar-refractivity contribution in [1.29, 1.82) is 5.26 Å². The second-order valence-electron chi connectivity index (χ2n) is 17.2. The Morgan fingerprint density at radius 3 is 1.63 bits per heavy atom. The standard InChI is InChI=1S/C56H39N7/c1-56(2,3)38-17-15-16-35(33-38)53-58-54(60-55(59-53)63-47-25-12-7-20-40(47)41-21-8-13-26-48(41)63)36-28-30-45(37(32-36)34-57)62-46-24-11-9-22-42(46)43-29-31-50-51(52(43)62)44-23-10-14-27-49(44)61(50)39-18-5-4-6-19-39/h4-33H,1-3H3. The van der Waals surface area contributed by atoms with E-state index in [0.29, 0.717) is 23.2 Å². The van der Waals surface area contributed by atoms with Crippen LogP contribution >= 0.6 is 0 Å². The zero-order chi connectivity index (χ0) is 42.4. The summed E-state index contributed by atoms with van der Waals surface area (Å²) in [5, 5.41) is 17.9. The lowest BCUT2D eigenvalue weighted by atomic mass is 9.86. The van der Waals surface area contributed by atoms with Crippen LogP contribution in [0.5, 0.6) is 0 Å². The zero-order valence-electron chi connectivity index (χ0n) is 35.0. The van der Waals surface area contributed by atoms with E-state index in [1.807, 2.05) is 30.3 Å². The maximum atomic E-state index is 11.1. The van der Waals surface area contributed by atoms with Gasteiger partial charge >= 0.3 is 0 Å². The predicted molar refractivity (Wildman–Crippen MR) is 257 cm³/mol. The highest BCUT2D eigenvalue weighted by atomic mass is 15.2. The Balaban J connectivity index is 1.11. The molecule has 12 rings (SSSR count). The first-order valence-electron chi connectivity index (χ1n) is 21.3. The van der Waals surface area contributed by atoms with Crippen molar-refractivity contribution in [3.05, 3.63) is 193 Å². The van der Waals surface area contributed by atoms with Gasteiger partial charge in [0.15, 0.2) is 11.6 Å². The molecular weight excluding hydrogens is 771 g/mol. The van der Waals surface area contributed by atoms with Crippen molar-refractivity contribution in [3.63, 3.8) is 0 Å². The van der Waals surface area contributed by atoms with Crippen LogP contribution in [-0.2, 0) is 5.41 Å². The summed E-state index contributed by atoms with van der Waals surface area (Å²) in [6, 6.07) is 65.9. The van der Waals surface area contributed by atoms with Crippen LogP contribution in [0.1, 0.15) is 31.9 Å². The summed E-state index contributed by atoms with van der Waals surface area (Å²) in [6.45, 7) is 6.63. The van der Waals surface area contributed by atoms with Gasteiger partial charge in [-0.15, -0.1) is 0 Å². The molecule has 4 aromatic heterocycles. The Labute approximate surface area is 363 Å². The van der Waals surface area contributed by atoms with Crippen LogP contribution in [0.15, 0.2) is 182 Å². The third kappa shape index (κ3) is 5.62. The average molecular weight is 810 g/mol. The van der Waals surface area contributed by atoms with E-state index in [-0.39, 0.29) is 5.41 Å². The van der Waals surface area contributed by atoms with Crippen molar-refractivity contribution in [2.45, 2.75) is 26.2 Å². The van der Waals surface area contributed by atoms with Crippen LogP contribution in [0.4, 0.5) is 0 Å². The lowest BCUT2D eigenvalue weighted by Crippen LogP contribution is -2.11. The molecule has 0 aliphatic rings. The molecule has 298 valence electrons. The van der Waals surface area contributed by atoms with E-state index in [1.165, 1.54) is 5.56 Å². The fourth-order valence-corrected chi connectivity index (χ4v) is 9.56. The Hall–Kier alpha value is -8.34. The second-order valence-corrected chi connectivity index (χ2v) is 17.2. The Bertz CT molecular complexity index is 3800. The van der Waals surface area contributed by atoms with E-state index < -0.39 is 0 Å². The summed E-state index contributed by atoms with van der Waals surface area (Å²) in [6.07, 6.45) is 0. The highest BCUT2D eigenvalue weighted by Gasteiger charge is 2.24. The molecule has 0 fully saturated rings. The minimum absolute atomic E-state index is 0.0755. The fraction of sp³-hybridized carbons (Fsp3) is 0.0714. The van der Waals surface area contributed by atoms with Crippen LogP contribution in [0, 0.1) is 11.3 Å². The lowest BCUT2D eigenvalue weighted by molar-refractivity contribution is 0.590. The van der Waals surface area contributed by atoms with Crippen LogP contribution < -0.4 is 0 Å². The van der Waals surface area contributed by atoms with Crippen molar-refractivity contribution in [3.8, 4) is 46.2 Å². The molecule has 0 unspecified atom stereocenters. The molecule has 4 heterocycles. The lowest BCUT2D eigenvalue weighted by Gasteiger charge is -2.19. The highest BCUT2D eigenvalue weighted by Crippen LogP contribution is 2.43. The highest BCUT2D eigenvalue weighted by molar-refractivity contribution is 6.26. The van der Waals surface area contributed by atoms with E-state index in [4.69, 9.17) is 15.0 Å². The molecule has 0 spiro atoms. The van der Waals surface area contributed by atoms with Crippen LogP contribution in [0.3, 0.4) is 0 Å². The summed E-state index contributed by atoms with van der Waals surface area (Å²) in [5.41, 5.74) is 11.4. The van der Waals surface area contributed by atoms with Crippen molar-refractivity contribution in [1.82, 2.24) is 28.7 Å². The molecule has 0 aliphatic heterocycles. The molecule has 0 radical (unpaired) electrons. The maximum absolute atomic E-state index is 11.1. The van der Waals surface area contributed by atoms with Crippen LogP contribution in [0.25, 0.3) is 106 Å². The van der Waals surface area contributed by atoms with Gasteiger partial charge in [0.25, 0.3) is 0 Å². The zero-order valence-corrected chi connectivity index (χ0v) is 35.0. The van der Waals surface area contributed by atoms with Crippen LogP contribution in [-0.4, -0.2) is 28.7 Å². The molecule has 0 amide bonds.